The van der Waals surface area contributed by atoms with E-state index in [1.807, 2.05) is 19.1 Å². The van der Waals surface area contributed by atoms with Gasteiger partial charge in [-0.25, -0.2) is 9.97 Å². The van der Waals surface area contributed by atoms with Crippen molar-refractivity contribution in [2.24, 2.45) is 0 Å². The molecule has 114 valence electrons. The molecule has 0 saturated heterocycles. The van der Waals surface area contributed by atoms with Gasteiger partial charge in [-0.3, -0.25) is 0 Å². The van der Waals surface area contributed by atoms with Crippen molar-refractivity contribution in [3.63, 3.8) is 0 Å². The SMILES string of the molecule is CCOCCOCC#Cc1ncc(-c2ccc(O)cc2)cn1. The highest BCUT2D eigenvalue weighted by molar-refractivity contribution is 5.62. The molecule has 22 heavy (non-hydrogen) atoms. The Morgan fingerprint density at radius 2 is 1.68 bits per heavy atom. The fraction of sp³-hybridized carbons (Fsp3) is 0.294. The van der Waals surface area contributed by atoms with Crippen LogP contribution in [0.3, 0.4) is 0 Å². The number of hydrogen-bond acceptors (Lipinski definition) is 5. The lowest BCUT2D eigenvalue weighted by atomic mass is 10.1. The molecule has 1 aromatic heterocycles. The molecule has 0 aliphatic carbocycles. The Balaban J connectivity index is 1.86. The van der Waals surface area contributed by atoms with Crippen LogP contribution in [0.15, 0.2) is 36.7 Å². The van der Waals surface area contributed by atoms with Gasteiger partial charge in [0.2, 0.25) is 5.82 Å². The van der Waals surface area contributed by atoms with E-state index in [1.54, 1.807) is 24.5 Å². The summed E-state index contributed by atoms with van der Waals surface area (Å²) in [7, 11) is 0. The van der Waals surface area contributed by atoms with Crippen LogP contribution in [-0.4, -0.2) is 41.5 Å². The minimum atomic E-state index is 0.233. The number of nitrogens with zero attached hydrogens (tertiary/aromatic N) is 2. The third-order valence-corrected chi connectivity index (χ3v) is 2.80. The summed E-state index contributed by atoms with van der Waals surface area (Å²) in [5.74, 6) is 6.39. The van der Waals surface area contributed by atoms with Crippen LogP contribution in [-0.2, 0) is 9.47 Å². The number of rotatable bonds is 6. The molecular formula is C17H18N2O3. The number of aromatic hydroxyl groups is 1. The van der Waals surface area contributed by atoms with Gasteiger partial charge in [0, 0.05) is 24.6 Å². The highest BCUT2D eigenvalue weighted by Crippen LogP contribution is 2.20. The van der Waals surface area contributed by atoms with Gasteiger partial charge in [-0.2, -0.15) is 0 Å². The maximum atomic E-state index is 9.27. The van der Waals surface area contributed by atoms with Crippen molar-refractivity contribution in [1.82, 2.24) is 9.97 Å². The quantitative estimate of drug-likeness (QED) is 0.654. The summed E-state index contributed by atoms with van der Waals surface area (Å²) in [6.45, 7) is 4.07. The summed E-state index contributed by atoms with van der Waals surface area (Å²) in [4.78, 5) is 8.39. The van der Waals surface area contributed by atoms with Crippen molar-refractivity contribution < 1.29 is 14.6 Å². The molecule has 2 aromatic rings. The van der Waals surface area contributed by atoms with Gasteiger partial charge < -0.3 is 14.6 Å². The summed E-state index contributed by atoms with van der Waals surface area (Å²) in [5.41, 5.74) is 1.81. The van der Waals surface area contributed by atoms with E-state index in [9.17, 15) is 5.11 Å². The number of ether oxygens (including phenoxy) is 2. The predicted molar refractivity (Wildman–Crippen MR) is 83.3 cm³/mol. The van der Waals surface area contributed by atoms with Crippen LogP contribution in [0, 0.1) is 11.8 Å². The van der Waals surface area contributed by atoms with Gasteiger partial charge in [0.25, 0.3) is 0 Å². The predicted octanol–water partition coefficient (Wildman–Crippen LogP) is 2.25. The second kappa shape index (κ2) is 8.78. The molecule has 1 aromatic carbocycles. The Bertz CT molecular complexity index is 628. The van der Waals surface area contributed by atoms with Gasteiger partial charge in [0.05, 0.1) is 13.2 Å². The monoisotopic (exact) mass is 298 g/mol. The smallest absolute Gasteiger partial charge is 0.204 e. The average Bonchev–Trinajstić information content (AvgIpc) is 2.55. The first-order valence-electron chi connectivity index (χ1n) is 7.05. The van der Waals surface area contributed by atoms with Gasteiger partial charge in [-0.1, -0.05) is 18.1 Å². The van der Waals surface area contributed by atoms with Crippen LogP contribution in [0.2, 0.25) is 0 Å². The van der Waals surface area contributed by atoms with Crippen molar-refractivity contribution >= 4 is 0 Å². The first-order valence-corrected chi connectivity index (χ1v) is 7.05. The van der Waals surface area contributed by atoms with Crippen LogP contribution in [0.5, 0.6) is 5.75 Å². The standard InChI is InChI=1S/C17H18N2O3/c1-2-21-10-11-22-9-3-4-17-18-12-15(13-19-17)14-5-7-16(20)8-6-14/h5-8,12-13,20H,2,9-11H2,1H3. The molecule has 5 nitrogen and oxygen atoms in total. The largest absolute Gasteiger partial charge is 0.508 e. The zero-order valence-corrected chi connectivity index (χ0v) is 12.5. The van der Waals surface area contributed by atoms with Crippen LogP contribution < -0.4 is 0 Å². The van der Waals surface area contributed by atoms with E-state index in [0.717, 1.165) is 11.1 Å². The summed E-state index contributed by atoms with van der Waals surface area (Å²) in [5, 5.41) is 9.27. The maximum absolute atomic E-state index is 9.27. The molecule has 0 bridgehead atoms. The summed E-state index contributed by atoms with van der Waals surface area (Å²) >= 11 is 0. The van der Waals surface area contributed by atoms with Gasteiger partial charge in [0.15, 0.2) is 0 Å². The van der Waals surface area contributed by atoms with Crippen molar-refractivity contribution in [3.8, 4) is 28.7 Å². The lowest BCUT2D eigenvalue weighted by Gasteiger charge is -2.01. The number of aromatic nitrogens is 2. The van der Waals surface area contributed by atoms with Gasteiger partial charge in [-0.05, 0) is 30.5 Å². The average molecular weight is 298 g/mol. The Hall–Kier alpha value is -2.42. The van der Waals surface area contributed by atoms with Crippen molar-refractivity contribution in [2.75, 3.05) is 26.4 Å². The molecule has 0 atom stereocenters. The Morgan fingerprint density at radius 1 is 1.00 bits per heavy atom. The van der Waals surface area contributed by atoms with Crippen LogP contribution in [0.1, 0.15) is 12.7 Å². The third kappa shape index (κ3) is 5.17. The number of phenolic OH excluding ortho intramolecular Hbond substituents is 1. The molecule has 0 radical (unpaired) electrons. The zero-order valence-electron chi connectivity index (χ0n) is 12.5. The minimum absolute atomic E-state index is 0.233. The van der Waals surface area contributed by atoms with Crippen molar-refractivity contribution in [3.05, 3.63) is 42.5 Å². The first-order chi connectivity index (χ1) is 10.8. The molecule has 0 amide bonds. The van der Waals surface area contributed by atoms with E-state index >= 15 is 0 Å². The van der Waals surface area contributed by atoms with E-state index in [4.69, 9.17) is 9.47 Å². The highest BCUT2D eigenvalue weighted by atomic mass is 16.5. The highest BCUT2D eigenvalue weighted by Gasteiger charge is 1.99. The van der Waals surface area contributed by atoms with E-state index < -0.39 is 0 Å². The van der Waals surface area contributed by atoms with E-state index in [0.29, 0.717) is 32.3 Å². The summed E-state index contributed by atoms with van der Waals surface area (Å²) < 4.78 is 10.4. The van der Waals surface area contributed by atoms with Crippen molar-refractivity contribution in [2.45, 2.75) is 6.92 Å². The molecule has 0 spiro atoms. The molecule has 0 unspecified atom stereocenters. The second-order valence-corrected chi connectivity index (χ2v) is 4.39. The third-order valence-electron chi connectivity index (χ3n) is 2.80. The Morgan fingerprint density at radius 3 is 2.36 bits per heavy atom. The molecule has 0 saturated carbocycles. The number of phenols is 1. The van der Waals surface area contributed by atoms with Crippen molar-refractivity contribution in [1.29, 1.82) is 0 Å². The fourth-order valence-corrected chi connectivity index (χ4v) is 1.70. The molecule has 1 heterocycles. The molecule has 0 aliphatic rings. The first kappa shape index (κ1) is 16.0. The zero-order chi connectivity index (χ0) is 15.6. The topological polar surface area (TPSA) is 64.5 Å². The molecular weight excluding hydrogens is 280 g/mol. The molecule has 0 fully saturated rings. The maximum Gasteiger partial charge on any atom is 0.204 e. The van der Waals surface area contributed by atoms with Crippen LogP contribution >= 0.6 is 0 Å². The summed E-state index contributed by atoms with van der Waals surface area (Å²) in [6, 6.07) is 6.88. The van der Waals surface area contributed by atoms with E-state index in [1.165, 1.54) is 0 Å². The fourth-order valence-electron chi connectivity index (χ4n) is 1.70. The molecule has 0 aliphatic heterocycles. The molecule has 1 N–H and O–H groups in total. The lowest BCUT2D eigenvalue weighted by molar-refractivity contribution is 0.0662. The second-order valence-electron chi connectivity index (χ2n) is 4.39. The van der Waals surface area contributed by atoms with E-state index in [2.05, 4.69) is 21.8 Å². The Kier molecular flexibility index (Phi) is 6.37. The van der Waals surface area contributed by atoms with E-state index in [-0.39, 0.29) is 5.75 Å². The molecule has 2 rings (SSSR count). The lowest BCUT2D eigenvalue weighted by Crippen LogP contribution is -2.03. The van der Waals surface area contributed by atoms with Crippen LogP contribution in [0.4, 0.5) is 0 Å². The summed E-state index contributed by atoms with van der Waals surface area (Å²) in [6.07, 6.45) is 3.42. The minimum Gasteiger partial charge on any atom is -0.508 e. The molecule has 5 heteroatoms. The van der Waals surface area contributed by atoms with Gasteiger partial charge in [0.1, 0.15) is 12.4 Å². The number of benzene rings is 1. The number of hydrogen-bond donors (Lipinski definition) is 1. The van der Waals surface area contributed by atoms with Gasteiger partial charge in [-0.15, -0.1) is 0 Å². The van der Waals surface area contributed by atoms with Gasteiger partial charge >= 0.3 is 0 Å². The normalized spacial score (nSPS) is 10.0. The Labute approximate surface area is 130 Å². The van der Waals surface area contributed by atoms with Crippen LogP contribution in [0.25, 0.3) is 11.1 Å².